The van der Waals surface area contributed by atoms with Crippen molar-refractivity contribution >= 4 is 5.78 Å². The number of hydrogen-bond acceptors (Lipinski definition) is 3. The van der Waals surface area contributed by atoms with Gasteiger partial charge in [0, 0.05) is 17.8 Å². The van der Waals surface area contributed by atoms with E-state index in [4.69, 9.17) is 0 Å². The number of rotatable bonds is 3. The zero-order valence-electron chi connectivity index (χ0n) is 13.5. The highest BCUT2D eigenvalue weighted by molar-refractivity contribution is 5.96. The topological polar surface area (TPSA) is 47.8 Å². The summed E-state index contributed by atoms with van der Waals surface area (Å²) in [7, 11) is 0. The number of nitrogens with zero attached hydrogens (tertiary/aromatic N) is 3. The molecule has 1 aliphatic heterocycles. The van der Waals surface area contributed by atoms with E-state index in [1.54, 1.807) is 0 Å². The largest absolute Gasteiger partial charge is 0.392 e. The van der Waals surface area contributed by atoms with Gasteiger partial charge in [0.2, 0.25) is 11.6 Å². The number of fused-ring (bicyclic) bond motifs is 1. The summed E-state index contributed by atoms with van der Waals surface area (Å²) in [6.45, 7) is 1.98. The van der Waals surface area contributed by atoms with Crippen LogP contribution in [0.15, 0.2) is 24.3 Å². The van der Waals surface area contributed by atoms with Crippen molar-refractivity contribution in [2.45, 2.75) is 44.6 Å². The van der Waals surface area contributed by atoms with Crippen LogP contribution in [0.5, 0.6) is 0 Å². The van der Waals surface area contributed by atoms with Gasteiger partial charge in [0.1, 0.15) is 0 Å². The molecule has 2 heterocycles. The lowest BCUT2D eigenvalue weighted by molar-refractivity contribution is -0.149. The number of Topliss-reactive ketones (excluding diaryl/α,β-unsaturated/α-hetero) is 1. The average Bonchev–Trinajstić information content (AvgIpc) is 3.15. The summed E-state index contributed by atoms with van der Waals surface area (Å²) in [6.07, 6.45) is 2.65. The van der Waals surface area contributed by atoms with Gasteiger partial charge in [-0.25, -0.2) is 14.1 Å². The van der Waals surface area contributed by atoms with Crippen molar-refractivity contribution in [2.24, 2.45) is 17.3 Å². The third-order valence-corrected chi connectivity index (χ3v) is 5.47. The smallest absolute Gasteiger partial charge is 0.290 e. The second-order valence-corrected chi connectivity index (χ2v) is 7.31. The minimum absolute atomic E-state index is 0.0433. The van der Waals surface area contributed by atoms with Crippen LogP contribution in [0.1, 0.15) is 54.8 Å². The standard InChI is InChI=1S/C17H17F4N3O/c1-16(5-3-2-4-6-16)12-8-11(18)15-22-14(23-24(12)15)13(25)9-7-10(9)17(19,20)21/h2-5,9-12H,6-8H2,1H3/t9?,10?,11-,12-,16?/m0/s1. The van der Waals surface area contributed by atoms with Crippen LogP contribution < -0.4 is 0 Å². The van der Waals surface area contributed by atoms with Gasteiger partial charge in [-0.2, -0.15) is 13.2 Å². The van der Waals surface area contributed by atoms with Gasteiger partial charge in [0.05, 0.1) is 12.0 Å². The van der Waals surface area contributed by atoms with Crippen molar-refractivity contribution < 1.29 is 22.4 Å². The fourth-order valence-corrected chi connectivity index (χ4v) is 3.84. The highest BCUT2D eigenvalue weighted by Gasteiger charge is 2.59. The van der Waals surface area contributed by atoms with E-state index in [9.17, 15) is 22.4 Å². The molecule has 1 saturated carbocycles. The predicted octanol–water partition coefficient (Wildman–Crippen LogP) is 4.14. The molecule has 1 aromatic heterocycles. The van der Waals surface area contributed by atoms with Crippen molar-refractivity contribution in [3.63, 3.8) is 0 Å². The number of carbonyl (C=O) groups is 1. The second-order valence-electron chi connectivity index (χ2n) is 7.31. The van der Waals surface area contributed by atoms with Gasteiger partial charge in [-0.15, -0.1) is 5.10 Å². The first-order valence-electron chi connectivity index (χ1n) is 8.26. The number of aromatic nitrogens is 3. The molecule has 8 heteroatoms. The molecule has 134 valence electrons. The molecule has 2 aliphatic carbocycles. The normalized spacial score (nSPS) is 36.5. The van der Waals surface area contributed by atoms with Gasteiger partial charge in [0.25, 0.3) is 0 Å². The highest BCUT2D eigenvalue weighted by Crippen LogP contribution is 2.52. The molecule has 0 amide bonds. The maximum atomic E-state index is 14.4. The maximum absolute atomic E-state index is 14.4. The monoisotopic (exact) mass is 355 g/mol. The van der Waals surface area contributed by atoms with Crippen LogP contribution >= 0.6 is 0 Å². The number of hydrogen-bond donors (Lipinski definition) is 0. The third-order valence-electron chi connectivity index (χ3n) is 5.47. The van der Waals surface area contributed by atoms with E-state index in [-0.39, 0.29) is 35.9 Å². The molecule has 1 fully saturated rings. The summed E-state index contributed by atoms with van der Waals surface area (Å²) in [6, 6.07) is -0.314. The van der Waals surface area contributed by atoms with Crippen LogP contribution in [0.25, 0.3) is 0 Å². The lowest BCUT2D eigenvalue weighted by Crippen LogP contribution is -2.27. The van der Waals surface area contributed by atoms with Crippen molar-refractivity contribution in [1.82, 2.24) is 14.8 Å². The molecule has 0 bridgehead atoms. The van der Waals surface area contributed by atoms with Gasteiger partial charge >= 0.3 is 6.18 Å². The van der Waals surface area contributed by atoms with Crippen LogP contribution in [-0.4, -0.2) is 26.7 Å². The van der Waals surface area contributed by atoms with Crippen molar-refractivity contribution in [2.75, 3.05) is 0 Å². The van der Waals surface area contributed by atoms with Crippen LogP contribution in [0.4, 0.5) is 17.6 Å². The Morgan fingerprint density at radius 1 is 1.32 bits per heavy atom. The lowest BCUT2D eigenvalue weighted by atomic mass is 9.76. The van der Waals surface area contributed by atoms with Crippen LogP contribution in [0, 0.1) is 17.3 Å². The summed E-state index contributed by atoms with van der Waals surface area (Å²) in [5.74, 6) is -3.74. The first kappa shape index (κ1) is 16.5. The van der Waals surface area contributed by atoms with Gasteiger partial charge in [-0.05, 0) is 12.8 Å². The SMILES string of the molecule is CC1([C@@H]2C[C@H](F)c3nc(C(=O)C4CC4C(F)(F)F)nn32)C=CC=CC1. The molecule has 0 saturated heterocycles. The first-order chi connectivity index (χ1) is 11.7. The molecule has 0 aromatic carbocycles. The van der Waals surface area contributed by atoms with E-state index >= 15 is 0 Å². The molecule has 5 atom stereocenters. The average molecular weight is 355 g/mol. The Hall–Kier alpha value is -1.99. The number of ketones is 1. The van der Waals surface area contributed by atoms with Crippen LogP contribution in [0.3, 0.4) is 0 Å². The number of alkyl halides is 4. The molecular weight excluding hydrogens is 338 g/mol. The van der Waals surface area contributed by atoms with E-state index in [2.05, 4.69) is 10.1 Å². The van der Waals surface area contributed by atoms with Crippen LogP contribution in [0.2, 0.25) is 0 Å². The molecule has 4 nitrogen and oxygen atoms in total. The molecule has 25 heavy (non-hydrogen) atoms. The zero-order valence-corrected chi connectivity index (χ0v) is 13.5. The van der Waals surface area contributed by atoms with Crippen molar-refractivity contribution in [3.8, 4) is 0 Å². The highest BCUT2D eigenvalue weighted by atomic mass is 19.4. The second kappa shape index (κ2) is 5.25. The van der Waals surface area contributed by atoms with Crippen LogP contribution in [-0.2, 0) is 0 Å². The Bertz CT molecular complexity index is 781. The van der Waals surface area contributed by atoms with Crippen molar-refractivity contribution in [3.05, 3.63) is 36.0 Å². The van der Waals surface area contributed by atoms with Gasteiger partial charge in [-0.1, -0.05) is 31.2 Å². The molecule has 4 rings (SSSR count). The van der Waals surface area contributed by atoms with Gasteiger partial charge in [-0.3, -0.25) is 4.79 Å². The summed E-state index contributed by atoms with van der Waals surface area (Å²) < 4.78 is 53.8. The molecule has 0 spiro atoms. The minimum atomic E-state index is -4.39. The Balaban J connectivity index is 1.60. The van der Waals surface area contributed by atoms with E-state index in [0.29, 0.717) is 6.42 Å². The molecule has 0 radical (unpaired) electrons. The molecule has 0 N–H and O–H groups in total. The Morgan fingerprint density at radius 2 is 2.08 bits per heavy atom. The van der Waals surface area contributed by atoms with E-state index in [0.717, 1.165) is 0 Å². The van der Waals surface area contributed by atoms with Crippen molar-refractivity contribution in [1.29, 1.82) is 0 Å². The van der Waals surface area contributed by atoms with Gasteiger partial charge < -0.3 is 0 Å². The Morgan fingerprint density at radius 3 is 2.68 bits per heavy atom. The van der Waals surface area contributed by atoms with E-state index < -0.39 is 30.0 Å². The predicted molar refractivity (Wildman–Crippen MR) is 80.5 cm³/mol. The fraction of sp³-hybridized carbons (Fsp3) is 0.588. The maximum Gasteiger partial charge on any atom is 0.392 e. The molecule has 3 unspecified atom stereocenters. The lowest BCUT2D eigenvalue weighted by Gasteiger charge is -2.33. The van der Waals surface area contributed by atoms with E-state index in [1.807, 2.05) is 31.2 Å². The zero-order chi connectivity index (χ0) is 18.0. The van der Waals surface area contributed by atoms with E-state index in [1.165, 1.54) is 4.68 Å². The first-order valence-corrected chi connectivity index (χ1v) is 8.26. The number of halogens is 4. The number of carbonyl (C=O) groups excluding carboxylic acids is 1. The summed E-state index contributed by atoms with van der Waals surface area (Å²) in [5.41, 5.74) is -0.369. The summed E-state index contributed by atoms with van der Waals surface area (Å²) >= 11 is 0. The quantitative estimate of drug-likeness (QED) is 0.605. The summed E-state index contributed by atoms with van der Waals surface area (Å²) in [5, 5.41) is 4.11. The molecule has 1 aromatic rings. The molecular formula is C17H17F4N3O. The molecule has 3 aliphatic rings. The van der Waals surface area contributed by atoms with Gasteiger partial charge in [0.15, 0.2) is 12.0 Å². The number of allylic oxidation sites excluding steroid dienone is 4. The fourth-order valence-electron chi connectivity index (χ4n) is 3.84. The Kier molecular flexibility index (Phi) is 3.46. The Labute approximate surface area is 141 Å². The minimum Gasteiger partial charge on any atom is -0.290 e. The summed E-state index contributed by atoms with van der Waals surface area (Å²) in [4.78, 5) is 16.2. The third kappa shape index (κ3) is 2.62.